The van der Waals surface area contributed by atoms with Crippen molar-refractivity contribution in [2.75, 3.05) is 0 Å². The topological polar surface area (TPSA) is 12.4 Å². The summed E-state index contributed by atoms with van der Waals surface area (Å²) in [4.78, 5) is 4.47. The Labute approximate surface area is 49.8 Å². The molecular formula is C7H11N. The molecule has 44 valence electrons. The lowest BCUT2D eigenvalue weighted by atomic mass is 10.1. The second-order valence-corrected chi connectivity index (χ2v) is 2.93. The lowest BCUT2D eigenvalue weighted by Gasteiger charge is -2.04. The molecule has 0 amide bonds. The fraction of sp³-hybridized carbons (Fsp3) is 0.857. The summed E-state index contributed by atoms with van der Waals surface area (Å²) in [6, 6.07) is 0.736. The normalized spacial score (nSPS) is 42.9. The number of hydrogen-bond acceptors (Lipinski definition) is 1. The van der Waals surface area contributed by atoms with Gasteiger partial charge in [-0.3, -0.25) is 4.99 Å². The lowest BCUT2D eigenvalue weighted by molar-refractivity contribution is 0.718. The summed E-state index contributed by atoms with van der Waals surface area (Å²) in [5.74, 6) is 0.889. The van der Waals surface area contributed by atoms with Gasteiger partial charge in [0.15, 0.2) is 0 Å². The van der Waals surface area contributed by atoms with Crippen LogP contribution in [0.3, 0.4) is 0 Å². The van der Waals surface area contributed by atoms with Crippen LogP contribution < -0.4 is 0 Å². The van der Waals surface area contributed by atoms with Crippen molar-refractivity contribution in [3.63, 3.8) is 0 Å². The zero-order valence-corrected chi connectivity index (χ0v) is 5.22. The molecule has 1 heteroatoms. The van der Waals surface area contributed by atoms with Gasteiger partial charge >= 0.3 is 0 Å². The van der Waals surface area contributed by atoms with Crippen molar-refractivity contribution in [3.8, 4) is 0 Å². The van der Waals surface area contributed by atoms with Crippen molar-refractivity contribution in [2.24, 2.45) is 10.9 Å². The van der Waals surface area contributed by atoms with Gasteiger partial charge in [-0.15, -0.1) is 0 Å². The second kappa shape index (κ2) is 1.34. The third kappa shape index (κ3) is 0.445. The van der Waals surface area contributed by atoms with E-state index in [9.17, 15) is 0 Å². The highest BCUT2D eigenvalue weighted by Crippen LogP contribution is 2.34. The van der Waals surface area contributed by atoms with E-state index in [1.165, 1.54) is 25.0 Å². The molecular weight excluding hydrogens is 98.1 g/mol. The van der Waals surface area contributed by atoms with Gasteiger partial charge < -0.3 is 0 Å². The Kier molecular flexibility index (Phi) is 0.758. The average molecular weight is 109 g/mol. The van der Waals surface area contributed by atoms with Crippen LogP contribution in [0.15, 0.2) is 4.99 Å². The summed E-state index contributed by atoms with van der Waals surface area (Å²) in [5.41, 5.74) is 1.42. The molecule has 0 aromatic carbocycles. The third-order valence-electron chi connectivity index (χ3n) is 2.38. The maximum absolute atomic E-state index is 4.47. The Morgan fingerprint density at radius 3 is 2.62 bits per heavy atom. The molecule has 0 spiro atoms. The molecule has 1 aliphatic heterocycles. The van der Waals surface area contributed by atoms with Gasteiger partial charge in [-0.05, 0) is 32.1 Å². The van der Waals surface area contributed by atoms with Crippen LogP contribution in [0, 0.1) is 5.92 Å². The van der Waals surface area contributed by atoms with Gasteiger partial charge in [0, 0.05) is 5.71 Å². The Morgan fingerprint density at radius 1 is 1.50 bits per heavy atom. The smallest absolute Gasteiger partial charge is 0.0505 e. The largest absolute Gasteiger partial charge is 0.291 e. The van der Waals surface area contributed by atoms with E-state index in [1.807, 2.05) is 0 Å². The van der Waals surface area contributed by atoms with Crippen molar-refractivity contribution >= 4 is 5.71 Å². The van der Waals surface area contributed by atoms with E-state index in [0.29, 0.717) is 0 Å². The molecule has 2 aliphatic rings. The van der Waals surface area contributed by atoms with Crippen LogP contribution in [-0.2, 0) is 0 Å². The summed E-state index contributed by atoms with van der Waals surface area (Å²) >= 11 is 0. The molecule has 2 rings (SSSR count). The van der Waals surface area contributed by atoms with Crippen LogP contribution in [-0.4, -0.2) is 11.8 Å². The predicted molar refractivity (Wildman–Crippen MR) is 34.2 cm³/mol. The minimum Gasteiger partial charge on any atom is -0.291 e. The highest BCUT2D eigenvalue weighted by atomic mass is 14.9. The molecule has 2 atom stereocenters. The maximum Gasteiger partial charge on any atom is 0.0505 e. The Hall–Kier alpha value is -0.330. The third-order valence-corrected chi connectivity index (χ3v) is 2.38. The lowest BCUT2D eigenvalue weighted by Crippen LogP contribution is -2.03. The maximum atomic E-state index is 4.47. The second-order valence-electron chi connectivity index (χ2n) is 2.93. The van der Waals surface area contributed by atoms with Crippen LogP contribution in [0.25, 0.3) is 0 Å². The van der Waals surface area contributed by atoms with E-state index in [0.717, 1.165) is 12.0 Å². The summed E-state index contributed by atoms with van der Waals surface area (Å²) < 4.78 is 0. The molecule has 0 radical (unpaired) electrons. The monoisotopic (exact) mass is 109 g/mol. The minimum atomic E-state index is 0.736. The van der Waals surface area contributed by atoms with E-state index in [1.54, 1.807) is 0 Å². The molecule has 0 aromatic rings. The first-order valence-electron chi connectivity index (χ1n) is 3.40. The molecule has 2 bridgehead atoms. The average Bonchev–Trinajstić information content (AvgIpc) is 2.23. The standard InChI is InChI=1S/C7H11N/c1-5-6-2-3-7(4-6)8-5/h6-7H,2-4H2,1H3. The Morgan fingerprint density at radius 2 is 2.38 bits per heavy atom. The number of hydrogen-bond donors (Lipinski definition) is 0. The molecule has 0 saturated heterocycles. The number of aliphatic imine (C=N–C) groups is 1. The predicted octanol–water partition coefficient (Wildman–Crippen LogP) is 1.63. The zero-order chi connectivity index (χ0) is 5.56. The van der Waals surface area contributed by atoms with Crippen molar-refractivity contribution in [1.29, 1.82) is 0 Å². The molecule has 1 fully saturated rings. The number of rotatable bonds is 0. The minimum absolute atomic E-state index is 0.736. The first-order chi connectivity index (χ1) is 3.86. The first-order valence-corrected chi connectivity index (χ1v) is 3.40. The van der Waals surface area contributed by atoms with Crippen LogP contribution >= 0.6 is 0 Å². The molecule has 8 heavy (non-hydrogen) atoms. The molecule has 0 aromatic heterocycles. The van der Waals surface area contributed by atoms with E-state index < -0.39 is 0 Å². The van der Waals surface area contributed by atoms with E-state index >= 15 is 0 Å². The first kappa shape index (κ1) is 4.54. The summed E-state index contributed by atoms with van der Waals surface area (Å²) in [6.45, 7) is 2.17. The van der Waals surface area contributed by atoms with Gasteiger partial charge in [0.2, 0.25) is 0 Å². The van der Waals surface area contributed by atoms with Crippen molar-refractivity contribution in [1.82, 2.24) is 0 Å². The fourth-order valence-corrected chi connectivity index (χ4v) is 1.85. The highest BCUT2D eigenvalue weighted by molar-refractivity contribution is 5.86. The molecule has 1 aliphatic carbocycles. The van der Waals surface area contributed by atoms with E-state index in [4.69, 9.17) is 0 Å². The van der Waals surface area contributed by atoms with Gasteiger partial charge in [0.1, 0.15) is 0 Å². The van der Waals surface area contributed by atoms with Crippen molar-refractivity contribution < 1.29 is 0 Å². The van der Waals surface area contributed by atoms with Crippen LogP contribution in [0.5, 0.6) is 0 Å². The van der Waals surface area contributed by atoms with E-state index in [-0.39, 0.29) is 0 Å². The summed E-state index contributed by atoms with van der Waals surface area (Å²) in [7, 11) is 0. The van der Waals surface area contributed by atoms with Gasteiger partial charge in [0.05, 0.1) is 6.04 Å². The Balaban J connectivity index is 2.29. The quantitative estimate of drug-likeness (QED) is 0.448. The number of fused-ring (bicyclic) bond motifs is 2. The number of nitrogens with zero attached hydrogens (tertiary/aromatic N) is 1. The van der Waals surface area contributed by atoms with E-state index in [2.05, 4.69) is 11.9 Å². The SMILES string of the molecule is CC1=NC2CCC1C2. The van der Waals surface area contributed by atoms with Crippen LogP contribution in [0.1, 0.15) is 26.2 Å². The highest BCUT2D eigenvalue weighted by Gasteiger charge is 2.31. The van der Waals surface area contributed by atoms with Crippen molar-refractivity contribution in [2.45, 2.75) is 32.2 Å². The summed E-state index contributed by atoms with van der Waals surface area (Å²) in [6.07, 6.45) is 4.15. The van der Waals surface area contributed by atoms with Crippen LogP contribution in [0.4, 0.5) is 0 Å². The molecule has 0 N–H and O–H groups in total. The van der Waals surface area contributed by atoms with Crippen LogP contribution in [0.2, 0.25) is 0 Å². The fourth-order valence-electron chi connectivity index (χ4n) is 1.85. The van der Waals surface area contributed by atoms with Gasteiger partial charge in [-0.2, -0.15) is 0 Å². The van der Waals surface area contributed by atoms with Gasteiger partial charge in [-0.1, -0.05) is 0 Å². The molecule has 1 saturated carbocycles. The molecule has 1 heterocycles. The Bertz CT molecular complexity index is 137. The zero-order valence-electron chi connectivity index (χ0n) is 5.22. The van der Waals surface area contributed by atoms with Crippen molar-refractivity contribution in [3.05, 3.63) is 0 Å². The van der Waals surface area contributed by atoms with Gasteiger partial charge in [-0.25, -0.2) is 0 Å². The van der Waals surface area contributed by atoms with Gasteiger partial charge in [0.25, 0.3) is 0 Å². The molecule has 1 nitrogen and oxygen atoms in total. The molecule has 2 unspecified atom stereocenters. The summed E-state index contributed by atoms with van der Waals surface area (Å²) in [5, 5.41) is 0.